The van der Waals surface area contributed by atoms with Crippen LogP contribution in [0.15, 0.2) is 46.6 Å². The van der Waals surface area contributed by atoms with Crippen molar-refractivity contribution in [3.8, 4) is 22.0 Å². The first-order chi connectivity index (χ1) is 11.1. The Kier molecular flexibility index (Phi) is 3.09. The SMILES string of the molecule is CCC1(C)Nc2ccccc2-c2nc(=O)c(-c3cccs3)nn21. The van der Waals surface area contributed by atoms with Crippen LogP contribution in [0.1, 0.15) is 20.3 Å². The molecule has 1 aliphatic heterocycles. The summed E-state index contributed by atoms with van der Waals surface area (Å²) in [6, 6.07) is 11.7. The molecule has 1 aliphatic rings. The minimum atomic E-state index is -0.420. The summed E-state index contributed by atoms with van der Waals surface area (Å²) in [6.45, 7) is 4.17. The Labute approximate surface area is 137 Å². The maximum Gasteiger partial charge on any atom is 0.300 e. The van der Waals surface area contributed by atoms with Crippen molar-refractivity contribution in [1.29, 1.82) is 0 Å². The van der Waals surface area contributed by atoms with Crippen molar-refractivity contribution >= 4 is 17.0 Å². The highest BCUT2D eigenvalue weighted by Crippen LogP contribution is 2.38. The van der Waals surface area contributed by atoms with Crippen molar-refractivity contribution in [2.24, 2.45) is 0 Å². The third-order valence-corrected chi connectivity index (χ3v) is 5.17. The van der Waals surface area contributed by atoms with E-state index in [2.05, 4.69) is 29.2 Å². The lowest BCUT2D eigenvalue weighted by atomic mass is 10.0. The van der Waals surface area contributed by atoms with Gasteiger partial charge in [-0.1, -0.05) is 25.1 Å². The van der Waals surface area contributed by atoms with Crippen LogP contribution < -0.4 is 10.9 Å². The standard InChI is InChI=1S/C17H16N4OS/c1-3-17(2)19-12-8-5-4-7-11(12)15-18-16(22)14(20-21(15)17)13-9-6-10-23-13/h4-10,19H,3H2,1-2H3. The average Bonchev–Trinajstić information content (AvgIpc) is 3.09. The molecule has 0 bridgehead atoms. The Bertz CT molecular complexity index is 932. The Morgan fingerprint density at radius 1 is 1.26 bits per heavy atom. The number of nitrogens with zero attached hydrogens (tertiary/aromatic N) is 3. The summed E-state index contributed by atoms with van der Waals surface area (Å²) in [5, 5.41) is 10.1. The van der Waals surface area contributed by atoms with E-state index >= 15 is 0 Å². The molecule has 6 heteroatoms. The molecule has 0 saturated carbocycles. The molecule has 0 aliphatic carbocycles. The van der Waals surface area contributed by atoms with Crippen molar-refractivity contribution in [2.45, 2.75) is 25.9 Å². The Morgan fingerprint density at radius 2 is 2.09 bits per heavy atom. The van der Waals surface area contributed by atoms with Crippen LogP contribution in [0.2, 0.25) is 0 Å². The Morgan fingerprint density at radius 3 is 2.83 bits per heavy atom. The van der Waals surface area contributed by atoms with Crippen LogP contribution in [-0.2, 0) is 5.66 Å². The van der Waals surface area contributed by atoms with E-state index in [0.29, 0.717) is 11.5 Å². The second-order valence-corrected chi connectivity index (χ2v) is 6.72. The minimum Gasteiger partial charge on any atom is -0.361 e. The van der Waals surface area contributed by atoms with E-state index in [1.165, 1.54) is 11.3 Å². The first kappa shape index (κ1) is 14.1. The molecule has 5 nitrogen and oxygen atoms in total. The van der Waals surface area contributed by atoms with Crippen LogP contribution in [0.4, 0.5) is 5.69 Å². The predicted molar refractivity (Wildman–Crippen MR) is 92.6 cm³/mol. The predicted octanol–water partition coefficient (Wildman–Crippen LogP) is 3.54. The zero-order valence-electron chi connectivity index (χ0n) is 12.9. The lowest BCUT2D eigenvalue weighted by Crippen LogP contribution is -2.44. The van der Waals surface area contributed by atoms with E-state index in [1.54, 1.807) is 0 Å². The van der Waals surface area contributed by atoms with E-state index in [-0.39, 0.29) is 5.56 Å². The van der Waals surface area contributed by atoms with Gasteiger partial charge in [-0.25, -0.2) is 4.68 Å². The molecule has 0 spiro atoms. The maximum atomic E-state index is 12.5. The number of benzene rings is 1. The van der Waals surface area contributed by atoms with Crippen LogP contribution in [0.5, 0.6) is 0 Å². The van der Waals surface area contributed by atoms with E-state index in [4.69, 9.17) is 0 Å². The highest BCUT2D eigenvalue weighted by Gasteiger charge is 2.34. The Hall–Kier alpha value is -2.47. The molecular weight excluding hydrogens is 308 g/mol. The lowest BCUT2D eigenvalue weighted by Gasteiger charge is -2.38. The van der Waals surface area contributed by atoms with Gasteiger partial charge in [0, 0.05) is 11.3 Å². The van der Waals surface area contributed by atoms with Gasteiger partial charge in [0.05, 0.1) is 4.88 Å². The number of para-hydroxylation sites is 1. The van der Waals surface area contributed by atoms with Gasteiger partial charge in [0.2, 0.25) is 0 Å². The topological polar surface area (TPSA) is 59.8 Å². The quantitative estimate of drug-likeness (QED) is 0.783. The van der Waals surface area contributed by atoms with E-state index in [0.717, 1.165) is 22.5 Å². The number of hydrogen-bond acceptors (Lipinski definition) is 5. The molecule has 4 rings (SSSR count). The van der Waals surface area contributed by atoms with Crippen molar-refractivity contribution in [2.75, 3.05) is 5.32 Å². The molecule has 1 N–H and O–H groups in total. The molecule has 2 aromatic heterocycles. The summed E-state index contributed by atoms with van der Waals surface area (Å²) in [5.41, 5.74) is 1.59. The molecule has 23 heavy (non-hydrogen) atoms. The van der Waals surface area contributed by atoms with Crippen LogP contribution in [0.3, 0.4) is 0 Å². The minimum absolute atomic E-state index is 0.283. The average molecular weight is 324 g/mol. The monoisotopic (exact) mass is 324 g/mol. The summed E-state index contributed by atoms with van der Waals surface area (Å²) < 4.78 is 1.85. The van der Waals surface area contributed by atoms with Crippen LogP contribution >= 0.6 is 11.3 Å². The fourth-order valence-corrected chi connectivity index (χ4v) is 3.54. The normalized spacial score (nSPS) is 18.9. The Balaban J connectivity index is 2.03. The largest absolute Gasteiger partial charge is 0.361 e. The van der Waals surface area contributed by atoms with Gasteiger partial charge >= 0.3 is 5.56 Å². The molecule has 0 amide bonds. The first-order valence-corrected chi connectivity index (χ1v) is 8.43. The van der Waals surface area contributed by atoms with Gasteiger partial charge in [0.1, 0.15) is 5.66 Å². The third-order valence-electron chi connectivity index (χ3n) is 4.29. The molecule has 0 saturated heterocycles. The zero-order chi connectivity index (χ0) is 16.0. The molecule has 0 radical (unpaired) electrons. The number of rotatable bonds is 2. The fraction of sp³-hybridized carbons (Fsp3) is 0.235. The van der Waals surface area contributed by atoms with Crippen molar-refractivity contribution < 1.29 is 0 Å². The van der Waals surface area contributed by atoms with Crippen LogP contribution in [0, 0.1) is 0 Å². The fourth-order valence-electron chi connectivity index (χ4n) is 2.84. The molecule has 116 valence electrons. The number of anilines is 1. The number of nitrogens with one attached hydrogen (secondary N) is 1. The number of aromatic nitrogens is 3. The molecule has 0 fully saturated rings. The molecule has 3 heterocycles. The van der Waals surface area contributed by atoms with Crippen LogP contribution in [0.25, 0.3) is 22.0 Å². The van der Waals surface area contributed by atoms with Gasteiger partial charge in [-0.15, -0.1) is 11.3 Å². The van der Waals surface area contributed by atoms with Crippen molar-refractivity contribution in [1.82, 2.24) is 14.8 Å². The van der Waals surface area contributed by atoms with Gasteiger partial charge in [0.25, 0.3) is 0 Å². The van der Waals surface area contributed by atoms with Crippen LogP contribution in [-0.4, -0.2) is 14.8 Å². The highest BCUT2D eigenvalue weighted by atomic mass is 32.1. The number of thiophene rings is 1. The summed E-state index contributed by atoms with van der Waals surface area (Å²) in [7, 11) is 0. The zero-order valence-corrected chi connectivity index (χ0v) is 13.7. The summed E-state index contributed by atoms with van der Waals surface area (Å²) >= 11 is 1.50. The highest BCUT2D eigenvalue weighted by molar-refractivity contribution is 7.13. The summed E-state index contributed by atoms with van der Waals surface area (Å²) in [5.74, 6) is 0.619. The second-order valence-electron chi connectivity index (χ2n) is 5.78. The van der Waals surface area contributed by atoms with Gasteiger partial charge in [0.15, 0.2) is 11.5 Å². The smallest absolute Gasteiger partial charge is 0.300 e. The molecule has 1 atom stereocenters. The van der Waals surface area contributed by atoms with Gasteiger partial charge in [-0.2, -0.15) is 10.1 Å². The van der Waals surface area contributed by atoms with Gasteiger partial charge in [-0.05, 0) is 36.9 Å². The summed E-state index contributed by atoms with van der Waals surface area (Å²) in [6.07, 6.45) is 0.815. The van der Waals surface area contributed by atoms with E-state index in [9.17, 15) is 4.79 Å². The van der Waals surface area contributed by atoms with E-state index < -0.39 is 5.66 Å². The molecule has 1 aromatic carbocycles. The van der Waals surface area contributed by atoms with Crippen molar-refractivity contribution in [3.63, 3.8) is 0 Å². The van der Waals surface area contributed by atoms with E-state index in [1.807, 2.05) is 46.5 Å². The molecular formula is C17H16N4OS. The van der Waals surface area contributed by atoms with Gasteiger partial charge in [-0.3, -0.25) is 4.79 Å². The summed E-state index contributed by atoms with van der Waals surface area (Å²) in [4.78, 5) is 17.7. The third kappa shape index (κ3) is 2.09. The molecule has 1 unspecified atom stereocenters. The maximum absolute atomic E-state index is 12.5. The van der Waals surface area contributed by atoms with Crippen molar-refractivity contribution in [3.05, 3.63) is 52.1 Å². The first-order valence-electron chi connectivity index (χ1n) is 7.56. The molecule has 3 aromatic rings. The lowest BCUT2D eigenvalue weighted by molar-refractivity contribution is 0.312. The van der Waals surface area contributed by atoms with Gasteiger partial charge < -0.3 is 5.32 Å². The second kappa shape index (κ2) is 5.03. The number of hydrogen-bond donors (Lipinski definition) is 1. The number of fused-ring (bicyclic) bond motifs is 3.